The van der Waals surface area contributed by atoms with Gasteiger partial charge in [-0.1, -0.05) is 168 Å². The van der Waals surface area contributed by atoms with E-state index in [1.54, 1.807) is 42.7 Å². The number of esters is 2. The Morgan fingerprint density at radius 2 is 0.738 bits per heavy atom. The smallest absolute Gasteiger partial charge is 0.759 e. The van der Waals surface area contributed by atoms with Gasteiger partial charge in [-0.15, -0.1) is 11.8 Å². The third-order valence-electron chi connectivity index (χ3n) is 28.4. The number of fused-ring (bicyclic) bond motifs is 4. The number of thiol groups is 1. The van der Waals surface area contributed by atoms with Crippen molar-refractivity contribution in [3.05, 3.63) is 205 Å². The van der Waals surface area contributed by atoms with E-state index in [0.717, 1.165) is 185 Å². The molecular weight excluding hydrogens is 2110 g/mol. The number of nitrogens with one attached hydrogen (secondary N) is 5. The molecule has 4 fully saturated rings. The monoisotopic (exact) mass is 2260 g/mol. The van der Waals surface area contributed by atoms with Crippen molar-refractivity contribution >= 4 is 158 Å². The van der Waals surface area contributed by atoms with Gasteiger partial charge >= 0.3 is 41.5 Å². The van der Waals surface area contributed by atoms with E-state index in [4.69, 9.17) is 27.1 Å². The number of benzene rings is 4. The summed E-state index contributed by atoms with van der Waals surface area (Å²) in [5, 5.41) is 4.81. The molecule has 4 aromatic carbocycles. The Balaban J connectivity index is 0.000000183. The van der Waals surface area contributed by atoms with Crippen molar-refractivity contribution < 1.29 is 65.5 Å². The minimum atomic E-state index is -1.14. The molecule has 0 bridgehead atoms. The van der Waals surface area contributed by atoms with Crippen LogP contribution in [-0.2, 0) is 101 Å². The van der Waals surface area contributed by atoms with Gasteiger partial charge in [0.15, 0.2) is 0 Å². The molecule has 8 heterocycles. The normalized spacial score (nSPS) is 20.2. The van der Waals surface area contributed by atoms with Gasteiger partial charge in [-0.2, -0.15) is 12.6 Å². The number of ether oxygens (including phenoxy) is 2. The molecule has 141 heavy (non-hydrogen) atoms. The van der Waals surface area contributed by atoms with E-state index in [2.05, 4.69) is 259 Å². The predicted octanol–water partition coefficient (Wildman–Crippen LogP) is 18.9. The van der Waals surface area contributed by atoms with Gasteiger partial charge in [-0.3, -0.25) is 14.6 Å². The molecule has 8 aromatic rings. The number of aromatic nitrogens is 8. The Kier molecular flexibility index (Phi) is 46.3. The Morgan fingerprint density at radius 3 is 1.02 bits per heavy atom. The summed E-state index contributed by atoms with van der Waals surface area (Å²) < 4.78 is 77.5. The molecule has 4 saturated heterocycles. The summed E-state index contributed by atoms with van der Waals surface area (Å²) in [4.78, 5) is 64.8. The molecular formula is C106H152Br3N16NaO8S7. The van der Waals surface area contributed by atoms with Gasteiger partial charge in [0.2, 0.25) is 0 Å². The van der Waals surface area contributed by atoms with Crippen LogP contribution in [0.3, 0.4) is 0 Å². The molecule has 4 aromatic heterocycles. The maximum Gasteiger partial charge on any atom is 1.00 e. The van der Waals surface area contributed by atoms with Crippen LogP contribution in [0.1, 0.15) is 295 Å². The topological polar surface area (TPSA) is 294 Å². The molecule has 4 aliphatic heterocycles. The number of thioether (sulfide) groups is 1. The van der Waals surface area contributed by atoms with Crippen molar-refractivity contribution in [2.24, 2.45) is 33.5 Å². The number of hydrogen-bond donors (Lipinski definition) is 6. The summed E-state index contributed by atoms with van der Waals surface area (Å²) in [6.45, 7) is 41.7. The van der Waals surface area contributed by atoms with Gasteiger partial charge in [-0.05, 0) is 312 Å². The number of rotatable bonds is 29. The second-order valence-corrected chi connectivity index (χ2v) is 54.9. The van der Waals surface area contributed by atoms with Gasteiger partial charge in [0.1, 0.15) is 36.3 Å². The molecule has 0 saturated carbocycles. The van der Waals surface area contributed by atoms with Gasteiger partial charge in [-0.25, -0.2) is 70.6 Å². The average molecular weight is 2270 g/mol. The fraction of sp³-hybridized carbons (Fsp3) is 0.604. The second kappa shape index (κ2) is 55.2. The van der Waals surface area contributed by atoms with E-state index in [-0.39, 0.29) is 106 Å². The average Bonchev–Trinajstić information content (AvgIpc) is 1.62. The molecule has 2 unspecified atom stereocenters. The number of carbonyl (C=O) groups is 2. The minimum Gasteiger partial charge on any atom is -0.759 e. The maximum absolute atomic E-state index is 13.1. The molecule has 0 amide bonds. The van der Waals surface area contributed by atoms with Crippen LogP contribution >= 0.6 is 72.2 Å². The summed E-state index contributed by atoms with van der Waals surface area (Å²) in [6.07, 6.45) is 36.6. The summed E-state index contributed by atoms with van der Waals surface area (Å²) in [5.74, 6) is 4.67. The number of unbranched alkanes of at least 4 members (excludes halogenated alkanes) is 2. The molecule has 0 radical (unpaired) electrons. The molecule has 768 valence electrons. The fourth-order valence-electron chi connectivity index (χ4n) is 19.8. The zero-order valence-electron chi connectivity index (χ0n) is 86.1. The first-order valence-electron chi connectivity index (χ1n) is 50.1. The largest absolute Gasteiger partial charge is 1.00 e. The van der Waals surface area contributed by atoms with E-state index in [9.17, 15) is 26.4 Å². The van der Waals surface area contributed by atoms with E-state index in [1.807, 2.05) is 102 Å². The first kappa shape index (κ1) is 118. The Bertz CT molecular complexity index is 5180. The van der Waals surface area contributed by atoms with E-state index < -0.39 is 43.9 Å². The van der Waals surface area contributed by atoms with Gasteiger partial charge < -0.3 is 42.1 Å². The first-order valence-corrected chi connectivity index (χ1v) is 59.1. The molecule has 4 spiro atoms. The zero-order chi connectivity index (χ0) is 101. The number of anilines is 3. The minimum absolute atomic E-state index is 0. The zero-order valence-corrected chi connectivity index (χ0v) is 98.6. The van der Waals surface area contributed by atoms with E-state index in [1.165, 1.54) is 76.6 Å². The van der Waals surface area contributed by atoms with Crippen molar-refractivity contribution in [1.29, 1.82) is 0 Å². The molecule has 24 nitrogen and oxygen atoms in total. The van der Waals surface area contributed by atoms with Crippen LogP contribution < -0.4 is 68.5 Å². The summed E-state index contributed by atoms with van der Waals surface area (Å²) in [5.41, 5.74) is 11.3. The van der Waals surface area contributed by atoms with Crippen molar-refractivity contribution in [2.75, 3.05) is 91.8 Å². The number of halogens is 3. The van der Waals surface area contributed by atoms with E-state index >= 15 is 0 Å². The van der Waals surface area contributed by atoms with Crippen LogP contribution in [0.2, 0.25) is 0 Å². The van der Waals surface area contributed by atoms with Crippen molar-refractivity contribution in [3.8, 4) is 0 Å². The van der Waals surface area contributed by atoms with Gasteiger partial charge in [0.25, 0.3) is 0 Å². The van der Waals surface area contributed by atoms with Crippen molar-refractivity contribution in [3.63, 3.8) is 0 Å². The summed E-state index contributed by atoms with van der Waals surface area (Å²) >= 11 is 20.2. The molecule has 16 rings (SSSR count). The summed E-state index contributed by atoms with van der Waals surface area (Å²) in [6, 6.07) is 35.1. The number of hydrogen-bond acceptors (Lipinski definition) is 23. The standard InChI is InChI=1S/C32H48N4O3S2.C21H27BrN4OS.C21H28N4OS2.C17H26N2OS.C11H22O2S.C4H2Br2N2.Na/c1-6-8-11-24(7-2)23-39-29(37)14-19-40-28-22-33-27(21-34-28)36-17-15-32(16-18-36)20-25-12-9-10-13-26(25)30(32)35-41(38)31(3,4)5;1-20(2,3)28(27)25-19-16-7-5-4-6-15(16)12-21(19)8-10-26(11-9-21)18-14-23-17(22)13-24-18;1-20(2,3)28(26)24-19-16-7-5-4-6-15(16)12-21(19)8-10-25(11-9-21)17-13-23-18(27)14-22-17;1-16(2,3)21(20)19-15-14-7-5-4-6-13(14)12-17(15)8-10-18-11-9-17;1-3-5-6-10(4-2)9-13-11(12)7-8-14;5-3-1-7-4(6)2-8-3;/h9-10,12-13,21-22,24,30,35H,6-8,11,14-20,23H2,1-5H3;4-7,13-14,19,25H,8-12H2,1-3H3;4-7,13-14,19,24H,8-12H2,1-3H3,(H,23,27);4-7,15,18-19H,8-12H2,1-3H3;10,14H,3-9H2,1-2H3;1-2H;/q;;;;;;+1/p-1/t24?,30-,41-;2*19-,28-;15-,21-;;;/m1111.../s1. The van der Waals surface area contributed by atoms with Gasteiger partial charge in [0.05, 0.1) is 157 Å². The Labute approximate surface area is 914 Å². The van der Waals surface area contributed by atoms with Crippen LogP contribution in [0.25, 0.3) is 0 Å². The number of carbonyl (C=O) groups excluding carboxylic acids is 2. The third kappa shape index (κ3) is 33.4. The van der Waals surface area contributed by atoms with Crippen LogP contribution in [-0.4, -0.2) is 165 Å². The number of nitrogens with zero attached hydrogens (tertiary/aromatic N) is 11. The first-order chi connectivity index (χ1) is 66.7. The molecule has 5 N–H and O–H groups in total. The van der Waals surface area contributed by atoms with Crippen LogP contribution in [0, 0.1) is 33.5 Å². The Morgan fingerprint density at radius 1 is 0.440 bits per heavy atom. The number of piperidine rings is 4. The van der Waals surface area contributed by atoms with Crippen molar-refractivity contribution in [2.45, 2.75) is 305 Å². The van der Waals surface area contributed by atoms with Crippen LogP contribution in [0.4, 0.5) is 17.5 Å². The fourth-order valence-corrected chi connectivity index (χ4v) is 25.3. The Hall–Kier alpha value is -4.70. The second-order valence-electron chi connectivity index (χ2n) is 42.4. The van der Waals surface area contributed by atoms with Crippen LogP contribution in [0.15, 0.2) is 170 Å². The SMILES string of the molecule is Brc1cnc(Br)cn1.CC(C)(C)[S@@](=O)N[C@@H]1c2ccccc2CC12CCN(c1cnc(Br)cn1)CC2.CC(C)(C)[S@@](=O)N[C@@H]1c2ccccc2CC12CCN(c1cnc([S-])cn1)CC2.CC(C)(C)[S@@](=O)N[C@@H]1c2ccccc2CC12CCNCC2.CCCCC(CC)COC(=O)CCS.CCCCC(CC)COC(=O)CCSc1cnc(N2CCC3(CC2)Cc2ccccc2[C@H]3N[S@](=O)C(C)(C)C)cn1.[Na+]. The molecule has 10 atom stereocenters. The third-order valence-corrected chi connectivity index (χ3v) is 37.2. The molecule has 35 heteroatoms. The van der Waals surface area contributed by atoms with Crippen molar-refractivity contribution in [1.82, 2.24) is 64.1 Å². The van der Waals surface area contributed by atoms with Crippen LogP contribution in [0.5, 0.6) is 0 Å². The predicted molar refractivity (Wildman–Crippen MR) is 591 cm³/mol. The van der Waals surface area contributed by atoms with E-state index in [0.29, 0.717) is 54.4 Å². The maximum atomic E-state index is 13.1. The summed E-state index contributed by atoms with van der Waals surface area (Å²) in [7, 11) is -4.38. The molecule has 8 aliphatic rings. The van der Waals surface area contributed by atoms with Gasteiger partial charge in [0, 0.05) is 57.0 Å². The molecule has 4 aliphatic carbocycles. The quantitative estimate of drug-likeness (QED) is 0.00834.